The van der Waals surface area contributed by atoms with Crippen molar-refractivity contribution in [3.63, 3.8) is 0 Å². The summed E-state index contributed by atoms with van der Waals surface area (Å²) in [6, 6.07) is 10.2. The van der Waals surface area contributed by atoms with Gasteiger partial charge in [-0.05, 0) is 17.2 Å². The van der Waals surface area contributed by atoms with Gasteiger partial charge in [-0.15, -0.1) is 10.2 Å². The molecule has 1 aromatic carbocycles. The molecule has 2 aromatic rings. The van der Waals surface area contributed by atoms with Crippen LogP contribution in [0.4, 0.5) is 0 Å². The minimum absolute atomic E-state index is 0.0339. The van der Waals surface area contributed by atoms with Gasteiger partial charge in [0, 0.05) is 12.5 Å². The molecule has 5 heteroatoms. The molecule has 2 N–H and O–H groups in total. The number of nitrogens with two attached hydrogens (primary N) is 1. The quantitative estimate of drug-likeness (QED) is 0.801. The molecule has 1 heterocycles. The highest BCUT2D eigenvalue weighted by Crippen LogP contribution is 2.04. The van der Waals surface area contributed by atoms with Gasteiger partial charge in [0.05, 0.1) is 7.05 Å². The normalized spacial score (nSPS) is 12.6. The van der Waals surface area contributed by atoms with Crippen molar-refractivity contribution in [1.29, 1.82) is 0 Å². The summed E-state index contributed by atoms with van der Waals surface area (Å²) in [7, 11) is 1.75. The third kappa shape index (κ3) is 2.87. The SMILES string of the molecule is Cn1nnc(CC(N)Cc2ccccc2)n1. The number of tetrazole rings is 1. The van der Waals surface area contributed by atoms with Crippen LogP contribution in [-0.4, -0.2) is 26.2 Å². The van der Waals surface area contributed by atoms with Crippen LogP contribution in [0.1, 0.15) is 11.4 Å². The maximum atomic E-state index is 6.03. The zero-order valence-corrected chi connectivity index (χ0v) is 9.24. The van der Waals surface area contributed by atoms with Gasteiger partial charge in [-0.2, -0.15) is 4.80 Å². The van der Waals surface area contributed by atoms with E-state index in [0.717, 1.165) is 6.42 Å². The predicted octanol–water partition coefficient (Wildman–Crippen LogP) is 0.323. The second kappa shape index (κ2) is 4.85. The molecule has 0 saturated heterocycles. The Morgan fingerprint density at radius 3 is 2.62 bits per heavy atom. The smallest absolute Gasteiger partial charge is 0.176 e. The van der Waals surface area contributed by atoms with Crippen molar-refractivity contribution in [2.24, 2.45) is 12.8 Å². The summed E-state index contributed by atoms with van der Waals surface area (Å²) < 4.78 is 0. The van der Waals surface area contributed by atoms with Gasteiger partial charge in [-0.3, -0.25) is 0 Å². The van der Waals surface area contributed by atoms with Crippen LogP contribution >= 0.6 is 0 Å². The summed E-state index contributed by atoms with van der Waals surface area (Å²) in [5.41, 5.74) is 7.27. The Morgan fingerprint density at radius 1 is 1.25 bits per heavy atom. The fourth-order valence-corrected chi connectivity index (χ4v) is 1.63. The number of nitrogens with zero attached hydrogens (tertiary/aromatic N) is 4. The molecule has 0 spiro atoms. The standard InChI is InChI=1S/C11H15N5/c1-16-14-11(13-15-16)8-10(12)7-9-5-3-2-4-6-9/h2-6,10H,7-8,12H2,1H3. The second-order valence-electron chi connectivity index (χ2n) is 3.85. The zero-order chi connectivity index (χ0) is 11.4. The van der Waals surface area contributed by atoms with E-state index in [1.54, 1.807) is 7.05 Å². The molecule has 0 aliphatic heterocycles. The summed E-state index contributed by atoms with van der Waals surface area (Å²) in [5, 5.41) is 11.8. The zero-order valence-electron chi connectivity index (χ0n) is 9.24. The molecule has 2 rings (SSSR count). The predicted molar refractivity (Wildman–Crippen MR) is 60.6 cm³/mol. The fraction of sp³-hybridized carbons (Fsp3) is 0.364. The van der Waals surface area contributed by atoms with Crippen molar-refractivity contribution in [3.8, 4) is 0 Å². The third-order valence-corrected chi connectivity index (χ3v) is 2.34. The Morgan fingerprint density at radius 2 is 2.00 bits per heavy atom. The van der Waals surface area contributed by atoms with Crippen LogP contribution < -0.4 is 5.73 Å². The minimum atomic E-state index is 0.0339. The van der Waals surface area contributed by atoms with Gasteiger partial charge in [0.1, 0.15) is 0 Å². The van der Waals surface area contributed by atoms with Gasteiger partial charge in [0.15, 0.2) is 5.82 Å². The van der Waals surface area contributed by atoms with Crippen LogP contribution in [-0.2, 0) is 19.9 Å². The Balaban J connectivity index is 1.92. The molecule has 0 bridgehead atoms. The van der Waals surface area contributed by atoms with Gasteiger partial charge < -0.3 is 5.73 Å². The molecule has 1 atom stereocenters. The Bertz CT molecular complexity index is 437. The maximum Gasteiger partial charge on any atom is 0.176 e. The monoisotopic (exact) mass is 217 g/mol. The van der Waals surface area contributed by atoms with Crippen molar-refractivity contribution in [3.05, 3.63) is 41.7 Å². The summed E-state index contributed by atoms with van der Waals surface area (Å²) in [5.74, 6) is 0.700. The largest absolute Gasteiger partial charge is 0.327 e. The van der Waals surface area contributed by atoms with Crippen LogP contribution in [0.5, 0.6) is 0 Å². The van der Waals surface area contributed by atoms with E-state index >= 15 is 0 Å². The molecule has 16 heavy (non-hydrogen) atoms. The number of benzene rings is 1. The van der Waals surface area contributed by atoms with Gasteiger partial charge in [0.25, 0.3) is 0 Å². The molecule has 84 valence electrons. The molecule has 0 saturated carbocycles. The lowest BCUT2D eigenvalue weighted by Crippen LogP contribution is -2.26. The first-order valence-corrected chi connectivity index (χ1v) is 5.26. The van der Waals surface area contributed by atoms with Crippen molar-refractivity contribution in [2.75, 3.05) is 0 Å². The first kappa shape index (κ1) is 10.8. The average molecular weight is 217 g/mol. The Labute approximate surface area is 94.3 Å². The maximum absolute atomic E-state index is 6.03. The minimum Gasteiger partial charge on any atom is -0.327 e. The van der Waals surface area contributed by atoms with Crippen molar-refractivity contribution in [1.82, 2.24) is 20.2 Å². The molecule has 5 nitrogen and oxygen atoms in total. The molecule has 0 aliphatic rings. The van der Waals surface area contributed by atoms with Crippen LogP contribution in [0, 0.1) is 0 Å². The summed E-state index contributed by atoms with van der Waals surface area (Å²) >= 11 is 0. The van der Waals surface area contributed by atoms with Crippen LogP contribution in [0.15, 0.2) is 30.3 Å². The van der Waals surface area contributed by atoms with Crippen LogP contribution in [0.3, 0.4) is 0 Å². The molecular formula is C11H15N5. The number of hydrogen-bond acceptors (Lipinski definition) is 4. The average Bonchev–Trinajstić information content (AvgIpc) is 2.65. The van der Waals surface area contributed by atoms with Crippen molar-refractivity contribution in [2.45, 2.75) is 18.9 Å². The fourth-order valence-electron chi connectivity index (χ4n) is 1.63. The number of rotatable bonds is 4. The molecule has 0 fully saturated rings. The molecule has 0 amide bonds. The van der Waals surface area contributed by atoms with E-state index in [1.165, 1.54) is 10.4 Å². The lowest BCUT2D eigenvalue weighted by Gasteiger charge is -2.08. The highest BCUT2D eigenvalue weighted by Gasteiger charge is 2.08. The van der Waals surface area contributed by atoms with Gasteiger partial charge in [-0.25, -0.2) is 0 Å². The first-order valence-electron chi connectivity index (χ1n) is 5.26. The lowest BCUT2D eigenvalue weighted by molar-refractivity contribution is 0.615. The van der Waals surface area contributed by atoms with E-state index < -0.39 is 0 Å². The van der Waals surface area contributed by atoms with E-state index in [0.29, 0.717) is 12.2 Å². The summed E-state index contributed by atoms with van der Waals surface area (Å²) in [4.78, 5) is 1.45. The van der Waals surface area contributed by atoms with Crippen LogP contribution in [0.2, 0.25) is 0 Å². The van der Waals surface area contributed by atoms with Gasteiger partial charge >= 0.3 is 0 Å². The van der Waals surface area contributed by atoms with E-state index in [9.17, 15) is 0 Å². The van der Waals surface area contributed by atoms with Gasteiger partial charge in [0.2, 0.25) is 0 Å². The number of hydrogen-bond donors (Lipinski definition) is 1. The number of aryl methyl sites for hydroxylation is 1. The van der Waals surface area contributed by atoms with Crippen molar-refractivity contribution < 1.29 is 0 Å². The molecule has 1 aromatic heterocycles. The molecule has 0 aliphatic carbocycles. The molecule has 0 radical (unpaired) electrons. The summed E-state index contributed by atoms with van der Waals surface area (Å²) in [6.45, 7) is 0. The van der Waals surface area contributed by atoms with Crippen LogP contribution in [0.25, 0.3) is 0 Å². The molecule has 1 unspecified atom stereocenters. The Kier molecular flexibility index (Phi) is 3.26. The van der Waals surface area contributed by atoms with Gasteiger partial charge in [-0.1, -0.05) is 30.3 Å². The van der Waals surface area contributed by atoms with Crippen molar-refractivity contribution >= 4 is 0 Å². The van der Waals surface area contributed by atoms with E-state index in [2.05, 4.69) is 27.5 Å². The van der Waals surface area contributed by atoms with E-state index in [1.807, 2.05) is 18.2 Å². The topological polar surface area (TPSA) is 69.6 Å². The first-order chi connectivity index (χ1) is 7.74. The number of aromatic nitrogens is 4. The highest BCUT2D eigenvalue weighted by molar-refractivity contribution is 5.16. The Hall–Kier alpha value is -1.75. The van der Waals surface area contributed by atoms with E-state index in [4.69, 9.17) is 5.73 Å². The molecular weight excluding hydrogens is 202 g/mol. The third-order valence-electron chi connectivity index (χ3n) is 2.34. The van der Waals surface area contributed by atoms with E-state index in [-0.39, 0.29) is 6.04 Å². The summed E-state index contributed by atoms with van der Waals surface area (Å²) in [6.07, 6.45) is 1.49. The highest BCUT2D eigenvalue weighted by atomic mass is 15.6. The lowest BCUT2D eigenvalue weighted by atomic mass is 10.0. The second-order valence-corrected chi connectivity index (χ2v) is 3.85.